The van der Waals surface area contributed by atoms with Crippen molar-refractivity contribution >= 4 is 22.9 Å². The monoisotopic (exact) mass is 355 g/mol. The lowest BCUT2D eigenvalue weighted by atomic mass is 10.1. The summed E-state index contributed by atoms with van der Waals surface area (Å²) in [6, 6.07) is 20.8. The molecule has 6 heteroatoms. The Morgan fingerprint density at radius 2 is 1.59 bits per heavy atom. The second-order valence-electron chi connectivity index (χ2n) is 6.20. The molecular weight excluding hydrogens is 338 g/mol. The molecule has 27 heavy (non-hydrogen) atoms. The summed E-state index contributed by atoms with van der Waals surface area (Å²) < 4.78 is 0. The highest BCUT2D eigenvalue weighted by Gasteiger charge is 2.11. The number of pyridine rings is 1. The van der Waals surface area contributed by atoms with Crippen LogP contribution in [0.15, 0.2) is 66.7 Å². The van der Waals surface area contributed by atoms with Crippen molar-refractivity contribution in [3.8, 4) is 11.3 Å². The number of hydrogen-bond acceptors (Lipinski definition) is 5. The van der Waals surface area contributed by atoms with Crippen LogP contribution in [0.2, 0.25) is 0 Å². The van der Waals surface area contributed by atoms with Crippen LogP contribution in [0.25, 0.3) is 22.3 Å². The van der Waals surface area contributed by atoms with Crippen LogP contribution in [-0.2, 0) is 6.42 Å². The van der Waals surface area contributed by atoms with Gasteiger partial charge in [0.1, 0.15) is 5.52 Å². The Kier molecular flexibility index (Phi) is 4.22. The van der Waals surface area contributed by atoms with Gasteiger partial charge in [0.2, 0.25) is 11.9 Å². The first-order valence-corrected chi connectivity index (χ1v) is 8.47. The van der Waals surface area contributed by atoms with E-state index in [9.17, 15) is 4.79 Å². The number of amides is 1. The summed E-state index contributed by atoms with van der Waals surface area (Å²) in [5.74, 6) is -0.226. The fraction of sp³-hybridized carbons (Fsp3) is 0.0476. The van der Waals surface area contributed by atoms with Gasteiger partial charge in [-0.1, -0.05) is 42.5 Å². The molecule has 0 radical (unpaired) electrons. The molecular formula is C21H17N5O. The number of rotatable bonds is 4. The maximum Gasteiger partial charge on any atom is 0.248 e. The fourth-order valence-corrected chi connectivity index (χ4v) is 2.97. The van der Waals surface area contributed by atoms with Crippen LogP contribution in [0.4, 0.5) is 5.95 Å². The molecule has 0 fully saturated rings. The number of primary amides is 1. The molecule has 1 amide bonds. The van der Waals surface area contributed by atoms with Crippen molar-refractivity contribution in [2.24, 2.45) is 5.73 Å². The van der Waals surface area contributed by atoms with Crippen LogP contribution in [0, 0.1) is 0 Å². The molecule has 2 aromatic carbocycles. The van der Waals surface area contributed by atoms with Crippen LogP contribution in [0.1, 0.15) is 21.6 Å². The number of hydrogen-bond donors (Lipinski definition) is 2. The van der Waals surface area contributed by atoms with E-state index in [1.54, 1.807) is 12.1 Å². The van der Waals surface area contributed by atoms with E-state index >= 15 is 0 Å². The lowest BCUT2D eigenvalue weighted by molar-refractivity contribution is 0.100. The number of nitrogens with two attached hydrogens (primary N) is 2. The summed E-state index contributed by atoms with van der Waals surface area (Å²) in [6.45, 7) is 0. The van der Waals surface area contributed by atoms with Gasteiger partial charge >= 0.3 is 0 Å². The fourth-order valence-electron chi connectivity index (χ4n) is 2.97. The van der Waals surface area contributed by atoms with Crippen LogP contribution in [-0.4, -0.2) is 20.9 Å². The van der Waals surface area contributed by atoms with Gasteiger partial charge in [0.05, 0.1) is 16.9 Å². The van der Waals surface area contributed by atoms with Gasteiger partial charge in [-0.2, -0.15) is 0 Å². The van der Waals surface area contributed by atoms with Gasteiger partial charge in [-0.3, -0.25) is 4.79 Å². The van der Waals surface area contributed by atoms with E-state index in [1.165, 1.54) is 0 Å². The van der Waals surface area contributed by atoms with E-state index in [4.69, 9.17) is 16.5 Å². The Hall–Kier alpha value is -3.80. The van der Waals surface area contributed by atoms with Crippen molar-refractivity contribution in [2.75, 3.05) is 5.73 Å². The highest BCUT2D eigenvalue weighted by molar-refractivity contribution is 5.93. The van der Waals surface area contributed by atoms with E-state index in [0.717, 1.165) is 22.5 Å². The predicted molar refractivity (Wildman–Crippen MR) is 105 cm³/mol. The average Bonchev–Trinajstić information content (AvgIpc) is 2.68. The van der Waals surface area contributed by atoms with Gasteiger partial charge in [-0.15, -0.1) is 0 Å². The third-order valence-corrected chi connectivity index (χ3v) is 4.31. The molecule has 2 heterocycles. The Morgan fingerprint density at radius 1 is 0.852 bits per heavy atom. The maximum absolute atomic E-state index is 11.3. The van der Waals surface area contributed by atoms with Crippen LogP contribution < -0.4 is 11.5 Å². The Labute approximate surface area is 155 Å². The first kappa shape index (κ1) is 16.7. The van der Waals surface area contributed by atoms with Crippen molar-refractivity contribution in [1.29, 1.82) is 0 Å². The number of fused-ring (bicyclic) bond motifs is 1. The highest BCUT2D eigenvalue weighted by Crippen LogP contribution is 2.24. The molecule has 132 valence electrons. The van der Waals surface area contributed by atoms with Crippen molar-refractivity contribution < 1.29 is 4.79 Å². The molecule has 0 bridgehead atoms. The van der Waals surface area contributed by atoms with E-state index in [-0.39, 0.29) is 5.95 Å². The second kappa shape index (κ2) is 6.84. The smallest absolute Gasteiger partial charge is 0.248 e. The molecule has 0 atom stereocenters. The third-order valence-electron chi connectivity index (χ3n) is 4.31. The molecule has 4 N–H and O–H groups in total. The third kappa shape index (κ3) is 3.46. The molecule has 0 spiro atoms. The summed E-state index contributed by atoms with van der Waals surface area (Å²) in [5.41, 5.74) is 16.6. The SMILES string of the molecule is NC(=O)c1ccc(-c2ccc3nc(N)nc(Cc4ccccc4)c3n2)cc1. The minimum Gasteiger partial charge on any atom is -0.368 e. The molecule has 0 saturated heterocycles. The molecule has 0 aliphatic carbocycles. The molecule has 6 nitrogen and oxygen atoms in total. The number of benzene rings is 2. The summed E-state index contributed by atoms with van der Waals surface area (Å²) in [7, 11) is 0. The predicted octanol–water partition coefficient (Wildman–Crippen LogP) is 2.96. The van der Waals surface area contributed by atoms with Gasteiger partial charge in [-0.05, 0) is 29.8 Å². The molecule has 0 aliphatic heterocycles. The first-order valence-electron chi connectivity index (χ1n) is 8.47. The minimum absolute atomic E-state index is 0.230. The van der Waals surface area contributed by atoms with E-state index < -0.39 is 5.91 Å². The standard InChI is InChI=1S/C21H17N5O/c22-20(27)15-8-6-14(7-9-15)16-10-11-17-19(24-16)18(26-21(23)25-17)12-13-4-2-1-3-5-13/h1-11H,12H2,(H2,22,27)(H2,23,25,26). The lowest BCUT2D eigenvalue weighted by Crippen LogP contribution is -2.10. The molecule has 4 rings (SSSR count). The zero-order valence-corrected chi connectivity index (χ0v) is 14.5. The number of aromatic nitrogens is 3. The summed E-state index contributed by atoms with van der Waals surface area (Å²) >= 11 is 0. The quantitative estimate of drug-likeness (QED) is 0.585. The van der Waals surface area contributed by atoms with Gasteiger partial charge in [0.25, 0.3) is 0 Å². The van der Waals surface area contributed by atoms with Gasteiger partial charge in [0, 0.05) is 17.5 Å². The zero-order valence-electron chi connectivity index (χ0n) is 14.5. The number of carbonyl (C=O) groups excluding carboxylic acids is 1. The molecule has 4 aromatic rings. The molecule has 2 aromatic heterocycles. The summed E-state index contributed by atoms with van der Waals surface area (Å²) in [5, 5.41) is 0. The van der Waals surface area contributed by atoms with Gasteiger partial charge < -0.3 is 11.5 Å². The number of anilines is 1. The highest BCUT2D eigenvalue weighted by atomic mass is 16.1. The molecule has 0 aliphatic rings. The number of nitrogen functional groups attached to an aromatic ring is 1. The van der Waals surface area contributed by atoms with E-state index in [1.807, 2.05) is 54.6 Å². The Balaban J connectivity index is 1.79. The van der Waals surface area contributed by atoms with Crippen LogP contribution in [0.5, 0.6) is 0 Å². The van der Waals surface area contributed by atoms with Crippen molar-refractivity contribution in [1.82, 2.24) is 15.0 Å². The van der Waals surface area contributed by atoms with Gasteiger partial charge in [-0.25, -0.2) is 15.0 Å². The average molecular weight is 355 g/mol. The maximum atomic E-state index is 11.3. The minimum atomic E-state index is -0.456. The topological polar surface area (TPSA) is 108 Å². The second-order valence-corrected chi connectivity index (χ2v) is 6.20. The molecule has 0 unspecified atom stereocenters. The van der Waals surface area contributed by atoms with Crippen molar-refractivity contribution in [2.45, 2.75) is 6.42 Å². The van der Waals surface area contributed by atoms with Crippen LogP contribution >= 0.6 is 0 Å². The van der Waals surface area contributed by atoms with Crippen molar-refractivity contribution in [3.05, 3.63) is 83.6 Å². The summed E-state index contributed by atoms with van der Waals surface area (Å²) in [6.07, 6.45) is 0.612. The zero-order chi connectivity index (χ0) is 18.8. The lowest BCUT2D eigenvalue weighted by Gasteiger charge is -2.09. The Bertz CT molecular complexity index is 1120. The first-order chi connectivity index (χ1) is 13.1. The number of carbonyl (C=O) groups is 1. The largest absolute Gasteiger partial charge is 0.368 e. The van der Waals surface area contributed by atoms with Gasteiger partial charge in [0.15, 0.2) is 0 Å². The Morgan fingerprint density at radius 3 is 2.30 bits per heavy atom. The number of nitrogens with zero attached hydrogens (tertiary/aromatic N) is 3. The molecule has 0 saturated carbocycles. The van der Waals surface area contributed by atoms with E-state index in [2.05, 4.69) is 9.97 Å². The van der Waals surface area contributed by atoms with Crippen LogP contribution in [0.3, 0.4) is 0 Å². The van der Waals surface area contributed by atoms with Crippen molar-refractivity contribution in [3.63, 3.8) is 0 Å². The van der Waals surface area contributed by atoms with E-state index in [0.29, 0.717) is 23.0 Å². The summed E-state index contributed by atoms with van der Waals surface area (Å²) in [4.78, 5) is 24.7. The normalized spacial score (nSPS) is 10.8.